The van der Waals surface area contributed by atoms with Gasteiger partial charge in [0.15, 0.2) is 34.7 Å². The van der Waals surface area contributed by atoms with Gasteiger partial charge in [-0.25, -0.2) is 0 Å². The first-order chi connectivity index (χ1) is 17.4. The molecule has 3 aliphatic carbocycles. The molecule has 0 bridgehead atoms. The first-order valence-electron chi connectivity index (χ1n) is 12.3. The lowest BCUT2D eigenvalue weighted by Gasteiger charge is -2.48. The van der Waals surface area contributed by atoms with Crippen LogP contribution in [0.3, 0.4) is 0 Å². The SMILES string of the molecule is CC(C)c1cc(-c2cccc(N)c2)c(O)c2c1C[C@H]1C[C@H]3CC(=O)C(C(N)=O)C(=O)[C@@]3(O)C(=O)C1C2=O. The summed E-state index contributed by atoms with van der Waals surface area (Å²) < 4.78 is 0. The molecule has 9 heteroatoms. The van der Waals surface area contributed by atoms with E-state index in [2.05, 4.69) is 0 Å². The molecule has 2 unspecified atom stereocenters. The number of aromatic hydroxyl groups is 1. The number of fused-ring (bicyclic) bond motifs is 3. The van der Waals surface area contributed by atoms with Crippen LogP contribution < -0.4 is 11.5 Å². The fraction of sp³-hybridized carbons (Fsp3) is 0.393. The number of carbonyl (C=O) groups excluding carboxylic acids is 5. The zero-order chi connectivity index (χ0) is 27.0. The minimum atomic E-state index is -2.66. The third kappa shape index (κ3) is 3.44. The van der Waals surface area contributed by atoms with E-state index in [-0.39, 0.29) is 36.5 Å². The van der Waals surface area contributed by atoms with Crippen molar-refractivity contribution in [2.45, 2.75) is 44.6 Å². The summed E-state index contributed by atoms with van der Waals surface area (Å²) in [6, 6.07) is 8.66. The van der Waals surface area contributed by atoms with Gasteiger partial charge in [0.25, 0.3) is 0 Å². The van der Waals surface area contributed by atoms with Gasteiger partial charge in [0.05, 0.1) is 11.5 Å². The van der Waals surface area contributed by atoms with Gasteiger partial charge >= 0.3 is 0 Å². The maximum Gasteiger partial charge on any atom is 0.235 e. The first kappa shape index (κ1) is 24.8. The normalized spacial score (nSPS) is 29.1. The number of nitrogens with two attached hydrogens (primary N) is 2. The topological polar surface area (TPSA) is 178 Å². The van der Waals surface area contributed by atoms with E-state index in [0.717, 1.165) is 5.56 Å². The van der Waals surface area contributed by atoms with Crippen molar-refractivity contribution in [2.75, 3.05) is 5.73 Å². The minimum Gasteiger partial charge on any atom is -0.507 e. The lowest BCUT2D eigenvalue weighted by Crippen LogP contribution is -2.68. The summed E-state index contributed by atoms with van der Waals surface area (Å²) in [6.45, 7) is 3.92. The van der Waals surface area contributed by atoms with E-state index in [1.807, 2.05) is 19.9 Å². The van der Waals surface area contributed by atoms with Crippen LogP contribution in [0, 0.1) is 23.7 Å². The van der Waals surface area contributed by atoms with E-state index in [9.17, 15) is 34.2 Å². The van der Waals surface area contributed by atoms with Crippen molar-refractivity contribution < 1.29 is 34.2 Å². The van der Waals surface area contributed by atoms with Gasteiger partial charge in [-0.1, -0.05) is 26.0 Å². The summed E-state index contributed by atoms with van der Waals surface area (Å²) >= 11 is 0. The Labute approximate surface area is 212 Å². The molecule has 2 fully saturated rings. The minimum absolute atomic E-state index is 0.00828. The van der Waals surface area contributed by atoms with E-state index in [0.29, 0.717) is 22.4 Å². The predicted molar refractivity (Wildman–Crippen MR) is 132 cm³/mol. The lowest BCUT2D eigenvalue weighted by atomic mass is 9.53. The van der Waals surface area contributed by atoms with Crippen molar-refractivity contribution in [2.24, 2.45) is 29.4 Å². The molecule has 0 aliphatic heterocycles. The molecule has 0 aromatic heterocycles. The second-order valence-electron chi connectivity index (χ2n) is 10.7. The molecule has 0 radical (unpaired) electrons. The number of amides is 1. The maximum absolute atomic E-state index is 13.9. The molecule has 0 spiro atoms. The molecular formula is C28H28N2O7. The van der Waals surface area contributed by atoms with E-state index in [1.165, 1.54) is 0 Å². The zero-order valence-electron chi connectivity index (χ0n) is 20.5. The number of hydrogen-bond donors (Lipinski definition) is 4. The fourth-order valence-electron chi connectivity index (χ4n) is 6.50. The number of benzene rings is 2. The van der Waals surface area contributed by atoms with Crippen molar-refractivity contribution in [3.05, 3.63) is 47.0 Å². The van der Waals surface area contributed by atoms with Gasteiger partial charge in [-0.05, 0) is 59.6 Å². The van der Waals surface area contributed by atoms with Crippen molar-refractivity contribution in [3.8, 4) is 16.9 Å². The second-order valence-corrected chi connectivity index (χ2v) is 10.7. The Bertz CT molecular complexity index is 1410. The van der Waals surface area contributed by atoms with Gasteiger partial charge in [-0.15, -0.1) is 0 Å². The van der Waals surface area contributed by atoms with E-state index in [4.69, 9.17) is 11.5 Å². The van der Waals surface area contributed by atoms with Crippen molar-refractivity contribution in [1.29, 1.82) is 0 Å². The molecule has 6 N–H and O–H groups in total. The molecule has 5 rings (SSSR count). The van der Waals surface area contributed by atoms with Gasteiger partial charge in [0, 0.05) is 23.6 Å². The number of hydrogen-bond acceptors (Lipinski definition) is 8. The van der Waals surface area contributed by atoms with Gasteiger partial charge in [0.1, 0.15) is 5.75 Å². The Morgan fingerprint density at radius 1 is 1.08 bits per heavy atom. The molecule has 0 heterocycles. The molecule has 3 aliphatic rings. The number of aliphatic hydroxyl groups is 1. The summed E-state index contributed by atoms with van der Waals surface area (Å²) in [7, 11) is 0. The highest BCUT2D eigenvalue weighted by Gasteiger charge is 2.66. The number of nitrogen functional groups attached to an aromatic ring is 1. The Morgan fingerprint density at radius 2 is 1.78 bits per heavy atom. The van der Waals surface area contributed by atoms with Crippen LogP contribution in [0.4, 0.5) is 5.69 Å². The molecule has 1 amide bonds. The number of carbonyl (C=O) groups is 5. The highest BCUT2D eigenvalue weighted by molar-refractivity contribution is 6.31. The van der Waals surface area contributed by atoms with Gasteiger partial charge in [-0.2, -0.15) is 0 Å². The molecule has 9 nitrogen and oxygen atoms in total. The number of phenols is 1. The summed E-state index contributed by atoms with van der Waals surface area (Å²) in [5.74, 6) is -10.2. The van der Waals surface area contributed by atoms with Crippen LogP contribution in [0.2, 0.25) is 0 Å². The number of ketones is 4. The molecule has 0 saturated heterocycles. The van der Waals surface area contributed by atoms with Crippen LogP contribution in [0.25, 0.3) is 11.1 Å². The summed E-state index contributed by atoms with van der Waals surface area (Å²) in [5.41, 5.74) is 11.4. The maximum atomic E-state index is 13.9. The predicted octanol–water partition coefficient (Wildman–Crippen LogP) is 1.70. The molecule has 2 aromatic carbocycles. The second kappa shape index (κ2) is 8.34. The summed E-state index contributed by atoms with van der Waals surface area (Å²) in [6.07, 6.45) is -0.0389. The largest absolute Gasteiger partial charge is 0.507 e. The fourth-order valence-corrected chi connectivity index (χ4v) is 6.50. The lowest BCUT2D eigenvalue weighted by molar-refractivity contribution is -0.175. The highest BCUT2D eigenvalue weighted by Crippen LogP contribution is 2.52. The van der Waals surface area contributed by atoms with Gasteiger partial charge in [-0.3, -0.25) is 24.0 Å². The van der Waals surface area contributed by atoms with Crippen molar-refractivity contribution in [1.82, 2.24) is 0 Å². The van der Waals surface area contributed by atoms with Crippen LogP contribution in [-0.2, 0) is 25.6 Å². The number of phenolic OH excluding ortho intramolecular Hbond substituents is 1. The average molecular weight is 505 g/mol. The number of rotatable bonds is 3. The summed E-state index contributed by atoms with van der Waals surface area (Å²) in [4.78, 5) is 65.0. The number of Topliss-reactive ketones (excluding diaryl/α,β-unsaturated/α-hetero) is 4. The van der Waals surface area contributed by atoms with Crippen molar-refractivity contribution in [3.63, 3.8) is 0 Å². The molecule has 2 saturated carbocycles. The Kier molecular flexibility index (Phi) is 5.60. The monoisotopic (exact) mass is 504 g/mol. The number of primary amides is 1. The Morgan fingerprint density at radius 3 is 2.41 bits per heavy atom. The van der Waals surface area contributed by atoms with Crippen LogP contribution in [0.1, 0.15) is 54.1 Å². The van der Waals surface area contributed by atoms with E-state index >= 15 is 0 Å². The third-order valence-electron chi connectivity index (χ3n) is 8.26. The van der Waals surface area contributed by atoms with Crippen LogP contribution in [0.15, 0.2) is 30.3 Å². The summed E-state index contributed by atoms with van der Waals surface area (Å²) in [5, 5.41) is 22.7. The Hall–Kier alpha value is -3.85. The standard InChI is InChI=1S/C28H28N2O7/c1-11(2)16-10-17(12-4-3-5-15(29)7-12)23(32)21-18(16)8-13-6-14-9-19(31)22(27(30)36)26(35)28(14,37)25(34)20(13)24(21)33/h3-5,7,10-11,13-14,20,22,32,37H,6,8-9,29H2,1-2H3,(H2,30,36)/t13-,14+,20?,22?,28+/m1/s1. The number of anilines is 1. The van der Waals surface area contributed by atoms with Gasteiger partial charge < -0.3 is 21.7 Å². The molecule has 5 atom stereocenters. The van der Waals surface area contributed by atoms with Crippen LogP contribution in [-0.4, -0.2) is 44.9 Å². The molecular weight excluding hydrogens is 476 g/mol. The molecule has 192 valence electrons. The van der Waals surface area contributed by atoms with Crippen molar-refractivity contribution >= 4 is 34.7 Å². The third-order valence-corrected chi connectivity index (χ3v) is 8.26. The van der Waals surface area contributed by atoms with Crippen LogP contribution >= 0.6 is 0 Å². The first-order valence-corrected chi connectivity index (χ1v) is 12.3. The smallest absolute Gasteiger partial charge is 0.235 e. The molecule has 37 heavy (non-hydrogen) atoms. The quantitative estimate of drug-likeness (QED) is 0.360. The van der Waals surface area contributed by atoms with E-state index < -0.39 is 58.3 Å². The zero-order valence-corrected chi connectivity index (χ0v) is 20.5. The van der Waals surface area contributed by atoms with Crippen LogP contribution in [0.5, 0.6) is 5.75 Å². The Balaban J connectivity index is 1.66. The average Bonchev–Trinajstić information content (AvgIpc) is 2.81. The van der Waals surface area contributed by atoms with E-state index in [1.54, 1.807) is 24.3 Å². The highest BCUT2D eigenvalue weighted by atomic mass is 16.3. The van der Waals surface area contributed by atoms with Gasteiger partial charge in [0.2, 0.25) is 5.91 Å². The molecule has 2 aromatic rings.